The monoisotopic (exact) mass is 590 g/mol. The molecule has 1 aromatic carbocycles. The molecular formula is C28H34N2O12. The number of aliphatic carboxylic acids is 1. The Kier molecular flexibility index (Phi) is 7.46. The average Bonchev–Trinajstić information content (AvgIpc) is 3.31. The molecule has 1 aromatic rings. The van der Waals surface area contributed by atoms with Gasteiger partial charge in [0.1, 0.15) is 11.8 Å². The molecule has 0 aromatic heterocycles. The molecule has 5 rings (SSSR count). The van der Waals surface area contributed by atoms with Crippen LogP contribution < -0.4 is 14.8 Å². The first-order valence-electron chi connectivity index (χ1n) is 13.6. The lowest BCUT2D eigenvalue weighted by molar-refractivity contribution is -0.181. The van der Waals surface area contributed by atoms with Crippen molar-refractivity contribution in [2.24, 2.45) is 0 Å². The Morgan fingerprint density at radius 1 is 1.14 bits per heavy atom. The number of carbonyl (C=O) groups is 4. The number of likely N-dealkylation sites (tertiary alicyclic amines) is 1. The van der Waals surface area contributed by atoms with Crippen molar-refractivity contribution >= 4 is 23.8 Å². The zero-order chi connectivity index (χ0) is 30.7. The summed E-state index contributed by atoms with van der Waals surface area (Å²) in [6.07, 6.45) is -4.62. The van der Waals surface area contributed by atoms with Gasteiger partial charge in [0.2, 0.25) is 0 Å². The lowest BCUT2D eigenvalue weighted by Crippen LogP contribution is -2.74. The van der Waals surface area contributed by atoms with E-state index >= 15 is 0 Å². The van der Waals surface area contributed by atoms with Gasteiger partial charge in [-0.25, -0.2) is 9.59 Å². The van der Waals surface area contributed by atoms with Gasteiger partial charge in [0, 0.05) is 18.0 Å². The summed E-state index contributed by atoms with van der Waals surface area (Å²) < 4.78 is 22.2. The van der Waals surface area contributed by atoms with Gasteiger partial charge >= 0.3 is 17.9 Å². The topological polar surface area (TPSA) is 201 Å². The number of aliphatic hydroxyl groups excluding tert-OH is 2. The molecule has 8 atom stereocenters. The van der Waals surface area contributed by atoms with Crippen LogP contribution in [0.3, 0.4) is 0 Å². The maximum Gasteiger partial charge on any atom is 0.343 e. The highest BCUT2D eigenvalue weighted by Crippen LogP contribution is 2.65. The van der Waals surface area contributed by atoms with Gasteiger partial charge in [-0.3, -0.25) is 9.59 Å². The summed E-state index contributed by atoms with van der Waals surface area (Å²) in [5, 5.41) is 44.0. The van der Waals surface area contributed by atoms with E-state index in [0.717, 1.165) is 18.1 Å². The van der Waals surface area contributed by atoms with Crippen LogP contribution in [0.5, 0.6) is 11.5 Å². The quantitative estimate of drug-likeness (QED) is 0.214. The van der Waals surface area contributed by atoms with Gasteiger partial charge in [-0.05, 0) is 58.0 Å². The van der Waals surface area contributed by atoms with E-state index in [1.807, 2.05) is 13.1 Å². The molecule has 2 heterocycles. The van der Waals surface area contributed by atoms with Crippen molar-refractivity contribution in [3.8, 4) is 11.5 Å². The van der Waals surface area contributed by atoms with Gasteiger partial charge < -0.3 is 49.6 Å². The molecular weight excluding hydrogens is 556 g/mol. The van der Waals surface area contributed by atoms with Gasteiger partial charge in [-0.15, -0.1) is 0 Å². The highest BCUT2D eigenvalue weighted by Gasteiger charge is 2.72. The standard InChI is InChI=1S/C28H34N2O12/c1-12(24(34)35)29-23(33)13(2)40-25(36)19(31)20(32)26(37)41-16-7-8-28(38)17-11-14-5-6-15(39-4)21-18(14)27(28,22(16)42-21)9-10-30(17)3/h5-7,12-13,17,19-20,22,31-32,38H,8-11H2,1-4H3,(H,29,33)(H,34,35)/t12-,13-,17-,19+,20+,22-,27-,28+/m0/s1. The fourth-order valence-electron chi connectivity index (χ4n) is 6.71. The number of rotatable bonds is 9. The predicted octanol–water partition coefficient (Wildman–Crippen LogP) is -1.24. The molecule has 0 saturated carbocycles. The van der Waals surface area contributed by atoms with Crippen molar-refractivity contribution in [3.05, 3.63) is 35.1 Å². The highest BCUT2D eigenvalue weighted by atomic mass is 16.6. The van der Waals surface area contributed by atoms with Crippen LogP contribution >= 0.6 is 0 Å². The van der Waals surface area contributed by atoms with Crippen LogP contribution in [0.15, 0.2) is 24.0 Å². The van der Waals surface area contributed by atoms with Crippen LogP contribution in [0.2, 0.25) is 0 Å². The number of benzene rings is 1. The minimum Gasteiger partial charge on any atom is -0.493 e. The molecule has 1 amide bonds. The van der Waals surface area contributed by atoms with E-state index in [-0.39, 0.29) is 18.2 Å². The van der Waals surface area contributed by atoms with Crippen LogP contribution in [0, 0.1) is 0 Å². The van der Waals surface area contributed by atoms with E-state index in [4.69, 9.17) is 24.1 Å². The Bertz CT molecular complexity index is 1360. The number of piperidine rings is 1. The molecule has 1 fully saturated rings. The lowest BCUT2D eigenvalue weighted by atomic mass is 9.50. The Labute approximate surface area is 240 Å². The molecule has 2 aliphatic heterocycles. The zero-order valence-corrected chi connectivity index (χ0v) is 23.5. The van der Waals surface area contributed by atoms with Gasteiger partial charge in [0.05, 0.1) is 18.1 Å². The normalized spacial score (nSPS) is 29.9. The molecule has 1 spiro atoms. The number of carboxylic acid groups (broad SMARTS) is 1. The van der Waals surface area contributed by atoms with Crippen LogP contribution in [-0.4, -0.2) is 112 Å². The van der Waals surface area contributed by atoms with E-state index in [0.29, 0.717) is 30.9 Å². The number of ether oxygens (including phenoxy) is 4. The van der Waals surface area contributed by atoms with Crippen LogP contribution in [0.25, 0.3) is 0 Å². The first-order valence-corrected chi connectivity index (χ1v) is 13.6. The molecule has 0 radical (unpaired) electrons. The number of methoxy groups -OCH3 is 1. The average molecular weight is 591 g/mol. The van der Waals surface area contributed by atoms with E-state index in [1.54, 1.807) is 6.07 Å². The predicted molar refractivity (Wildman–Crippen MR) is 140 cm³/mol. The number of amides is 1. The number of nitrogens with zero attached hydrogens (tertiary/aromatic N) is 1. The number of hydrogen-bond donors (Lipinski definition) is 5. The number of aliphatic hydroxyl groups is 3. The molecule has 4 aliphatic rings. The van der Waals surface area contributed by atoms with Crippen molar-refractivity contribution in [2.75, 3.05) is 20.7 Å². The van der Waals surface area contributed by atoms with Crippen molar-refractivity contribution in [1.82, 2.24) is 10.2 Å². The summed E-state index contributed by atoms with van der Waals surface area (Å²) in [7, 11) is 3.45. The number of esters is 2. The Hall–Kier alpha value is -3.72. The lowest BCUT2D eigenvalue weighted by Gasteiger charge is -2.61. The van der Waals surface area contributed by atoms with Gasteiger partial charge in [0.15, 0.2) is 35.9 Å². The fraction of sp³-hybridized carbons (Fsp3) is 0.571. The summed E-state index contributed by atoms with van der Waals surface area (Å²) in [5.74, 6) is -4.25. The summed E-state index contributed by atoms with van der Waals surface area (Å²) in [6.45, 7) is 2.96. The molecule has 228 valence electrons. The first-order chi connectivity index (χ1) is 19.8. The summed E-state index contributed by atoms with van der Waals surface area (Å²) >= 11 is 0. The molecule has 1 saturated heterocycles. The molecule has 2 aliphatic carbocycles. The maximum absolute atomic E-state index is 13.0. The highest BCUT2D eigenvalue weighted by molar-refractivity contribution is 5.90. The van der Waals surface area contributed by atoms with Crippen molar-refractivity contribution in [2.45, 2.75) is 80.6 Å². The van der Waals surface area contributed by atoms with Crippen LogP contribution in [-0.2, 0) is 40.5 Å². The van der Waals surface area contributed by atoms with Crippen LogP contribution in [0.4, 0.5) is 0 Å². The molecule has 0 unspecified atom stereocenters. The minimum atomic E-state index is -2.42. The summed E-state index contributed by atoms with van der Waals surface area (Å²) in [4.78, 5) is 50.5. The second kappa shape index (κ2) is 10.5. The number of carboxylic acids is 1. The molecule has 14 nitrogen and oxygen atoms in total. The van der Waals surface area contributed by atoms with Crippen molar-refractivity contribution in [1.29, 1.82) is 0 Å². The largest absolute Gasteiger partial charge is 0.493 e. The third-order valence-corrected chi connectivity index (χ3v) is 8.95. The van der Waals surface area contributed by atoms with Gasteiger partial charge in [-0.1, -0.05) is 6.07 Å². The molecule has 5 N–H and O–H groups in total. The molecule has 42 heavy (non-hydrogen) atoms. The van der Waals surface area contributed by atoms with E-state index in [9.17, 15) is 34.5 Å². The van der Waals surface area contributed by atoms with Crippen molar-refractivity contribution < 1.29 is 58.6 Å². The second-order valence-electron chi connectivity index (χ2n) is 11.2. The van der Waals surface area contributed by atoms with E-state index < -0.39 is 65.3 Å². The summed E-state index contributed by atoms with van der Waals surface area (Å²) in [5.41, 5.74) is -0.461. The first kappa shape index (κ1) is 29.8. The van der Waals surface area contributed by atoms with Crippen molar-refractivity contribution in [3.63, 3.8) is 0 Å². The Morgan fingerprint density at radius 2 is 1.83 bits per heavy atom. The second-order valence-corrected chi connectivity index (χ2v) is 11.2. The maximum atomic E-state index is 13.0. The van der Waals surface area contributed by atoms with Crippen LogP contribution in [0.1, 0.15) is 37.8 Å². The Morgan fingerprint density at radius 3 is 2.50 bits per heavy atom. The SMILES string of the molecule is COc1ccc2c3c1O[C@H]1C(OC(=O)[C@H](O)[C@@H](O)C(=O)O[C@@H](C)C(=O)N[C@@H](C)C(=O)O)=CC[C@@]4(O)[C@H](C2)N(C)CC[C@]314. The third kappa shape index (κ3) is 4.32. The minimum absolute atomic E-state index is 0.00843. The number of hydrogen-bond acceptors (Lipinski definition) is 12. The van der Waals surface area contributed by atoms with E-state index in [1.165, 1.54) is 20.1 Å². The molecule has 14 heteroatoms. The molecule has 2 bridgehead atoms. The number of nitrogens with one attached hydrogen (secondary N) is 1. The Balaban J connectivity index is 1.34. The van der Waals surface area contributed by atoms with Gasteiger partial charge in [0.25, 0.3) is 5.91 Å². The fourth-order valence-corrected chi connectivity index (χ4v) is 6.71. The van der Waals surface area contributed by atoms with E-state index in [2.05, 4.69) is 10.2 Å². The van der Waals surface area contributed by atoms with Gasteiger partial charge in [-0.2, -0.15) is 0 Å². The third-order valence-electron chi connectivity index (χ3n) is 8.95. The number of likely N-dealkylation sites (N-methyl/N-ethyl adjacent to an activating group) is 1. The smallest absolute Gasteiger partial charge is 0.343 e. The zero-order valence-electron chi connectivity index (χ0n) is 23.5. The summed E-state index contributed by atoms with van der Waals surface area (Å²) in [6, 6.07) is 2.22. The number of carbonyl (C=O) groups excluding carboxylic acids is 3.